The second-order valence-corrected chi connectivity index (χ2v) is 14.1. The number of alkyl carbamates (subject to hydrolysis) is 1. The first-order valence-corrected chi connectivity index (χ1v) is 20.3. The molecule has 1 fully saturated rings. The average Bonchev–Trinajstić information content (AvgIpc) is 3.58. The van der Waals surface area contributed by atoms with Crippen molar-refractivity contribution in [1.82, 2.24) is 25.8 Å². The fraction of sp³-hybridized carbons (Fsp3) is 0.548. The number of carbonyl (C=O) groups is 5. The van der Waals surface area contributed by atoms with Crippen molar-refractivity contribution in [3.05, 3.63) is 65.9 Å². The average molecular weight is 793 g/mol. The molecule has 0 spiro atoms. The number of hydrogen-bond donors (Lipinski definition) is 5. The maximum Gasteiger partial charge on any atom is 0.407 e. The van der Waals surface area contributed by atoms with E-state index in [0.29, 0.717) is 64.2 Å². The zero-order valence-corrected chi connectivity index (χ0v) is 33.4. The topological polar surface area (TPSA) is 190 Å². The summed E-state index contributed by atoms with van der Waals surface area (Å²) in [6.07, 6.45) is 5.53. The minimum atomic E-state index is -1.10. The molecule has 1 aliphatic carbocycles. The lowest BCUT2D eigenvalue weighted by Crippen LogP contribution is -2.42. The number of carboxylic acid groups (broad SMARTS) is 1. The third-order valence-electron chi connectivity index (χ3n) is 10.0. The Labute approximate surface area is 335 Å². The van der Waals surface area contributed by atoms with Gasteiger partial charge in [-0.05, 0) is 81.7 Å². The number of carbonyl (C=O) groups excluding carboxylic acids is 4. The van der Waals surface area contributed by atoms with Crippen LogP contribution < -0.4 is 26.2 Å². The highest BCUT2D eigenvalue weighted by Crippen LogP contribution is 2.26. The Kier molecular flexibility index (Phi) is 19.1. The van der Waals surface area contributed by atoms with Crippen molar-refractivity contribution in [2.24, 2.45) is 5.92 Å². The molecule has 2 aromatic carbocycles. The number of hydrogen-bond acceptors (Lipinski definition) is 8. The Morgan fingerprint density at radius 2 is 1.47 bits per heavy atom. The molecule has 3 aromatic rings. The SMILES string of the molecule is CCc1cccc(N(CC)C(=O)Cn2c(C(=O)N[C@H]3CC[C@H](C(=O)NCCCCCCNC(=O)OCCOCCOCCNC(=O)O)CC3)cc3ccccc32)c1. The minimum absolute atomic E-state index is 0.0359. The number of amides is 5. The number of likely N-dealkylation sites (N-methyl/N-ethyl adjacent to an activating group) is 1. The molecule has 0 bridgehead atoms. The highest BCUT2D eigenvalue weighted by molar-refractivity contribution is 6.01. The smallest absolute Gasteiger partial charge is 0.407 e. The third-order valence-corrected chi connectivity index (χ3v) is 10.0. The number of unbranched alkanes of at least 4 members (excludes halogenated alkanes) is 3. The first kappa shape index (κ1) is 44.6. The number of aromatic nitrogens is 1. The molecule has 0 aliphatic heterocycles. The van der Waals surface area contributed by atoms with E-state index >= 15 is 0 Å². The lowest BCUT2D eigenvalue weighted by atomic mass is 9.85. The summed E-state index contributed by atoms with van der Waals surface area (Å²) in [5.41, 5.74) is 3.29. The lowest BCUT2D eigenvalue weighted by Gasteiger charge is -2.28. The van der Waals surface area contributed by atoms with Crippen LogP contribution in [0.2, 0.25) is 0 Å². The highest BCUT2D eigenvalue weighted by Gasteiger charge is 2.28. The van der Waals surface area contributed by atoms with Crippen LogP contribution in [0.5, 0.6) is 0 Å². The number of rotatable bonds is 24. The highest BCUT2D eigenvalue weighted by atomic mass is 16.6. The van der Waals surface area contributed by atoms with E-state index in [4.69, 9.17) is 19.3 Å². The van der Waals surface area contributed by atoms with Crippen LogP contribution in [0.3, 0.4) is 0 Å². The Bertz CT molecular complexity index is 1740. The molecule has 15 nitrogen and oxygen atoms in total. The summed E-state index contributed by atoms with van der Waals surface area (Å²) < 4.78 is 17.4. The van der Waals surface area contributed by atoms with Crippen molar-refractivity contribution in [2.75, 3.05) is 64.1 Å². The van der Waals surface area contributed by atoms with Gasteiger partial charge >= 0.3 is 12.2 Å². The number of nitrogens with one attached hydrogen (secondary N) is 4. The summed E-state index contributed by atoms with van der Waals surface area (Å²) in [6.45, 7) is 7.13. The Morgan fingerprint density at radius 1 is 0.772 bits per heavy atom. The monoisotopic (exact) mass is 792 g/mol. The van der Waals surface area contributed by atoms with Gasteiger partial charge in [0.15, 0.2) is 0 Å². The maximum atomic E-state index is 13.7. The van der Waals surface area contributed by atoms with Crippen LogP contribution in [-0.2, 0) is 36.8 Å². The van der Waals surface area contributed by atoms with Crippen LogP contribution in [-0.4, -0.2) is 105 Å². The van der Waals surface area contributed by atoms with Gasteiger partial charge in [0, 0.05) is 54.7 Å². The van der Waals surface area contributed by atoms with Crippen LogP contribution >= 0.6 is 0 Å². The van der Waals surface area contributed by atoms with Gasteiger partial charge in [0.2, 0.25) is 11.8 Å². The van der Waals surface area contributed by atoms with Gasteiger partial charge in [0.05, 0.1) is 26.4 Å². The van der Waals surface area contributed by atoms with E-state index in [0.717, 1.165) is 54.3 Å². The van der Waals surface area contributed by atoms with Crippen LogP contribution in [0.4, 0.5) is 15.3 Å². The molecule has 1 saturated carbocycles. The maximum absolute atomic E-state index is 13.7. The summed E-state index contributed by atoms with van der Waals surface area (Å²) in [5, 5.41) is 20.5. The number of fused-ring (bicyclic) bond motifs is 1. The molecule has 0 atom stereocenters. The molecule has 0 unspecified atom stereocenters. The molecule has 57 heavy (non-hydrogen) atoms. The molecule has 1 aliphatic rings. The molecule has 1 aromatic heterocycles. The fourth-order valence-corrected chi connectivity index (χ4v) is 6.94. The van der Waals surface area contributed by atoms with Gasteiger partial charge in [-0.15, -0.1) is 0 Å². The number of ether oxygens (including phenoxy) is 3. The molecule has 0 radical (unpaired) electrons. The van der Waals surface area contributed by atoms with Gasteiger partial charge in [-0.2, -0.15) is 0 Å². The molecule has 0 saturated heterocycles. The van der Waals surface area contributed by atoms with E-state index in [1.54, 1.807) is 4.90 Å². The first-order chi connectivity index (χ1) is 27.7. The summed E-state index contributed by atoms with van der Waals surface area (Å²) >= 11 is 0. The van der Waals surface area contributed by atoms with Gasteiger partial charge in [-0.3, -0.25) is 14.4 Å². The van der Waals surface area contributed by atoms with Gasteiger partial charge in [-0.1, -0.05) is 50.1 Å². The zero-order valence-electron chi connectivity index (χ0n) is 33.4. The van der Waals surface area contributed by atoms with E-state index in [1.807, 2.05) is 60.0 Å². The van der Waals surface area contributed by atoms with E-state index in [1.165, 1.54) is 0 Å². The minimum Gasteiger partial charge on any atom is -0.465 e. The quantitative estimate of drug-likeness (QED) is 0.0755. The summed E-state index contributed by atoms with van der Waals surface area (Å²) in [6, 6.07) is 17.5. The van der Waals surface area contributed by atoms with E-state index in [9.17, 15) is 24.0 Å². The van der Waals surface area contributed by atoms with E-state index < -0.39 is 12.2 Å². The molecule has 312 valence electrons. The van der Waals surface area contributed by atoms with Crippen molar-refractivity contribution in [2.45, 2.75) is 84.2 Å². The predicted molar refractivity (Wildman–Crippen MR) is 217 cm³/mol. The summed E-state index contributed by atoms with van der Waals surface area (Å²) in [4.78, 5) is 64.3. The summed E-state index contributed by atoms with van der Waals surface area (Å²) in [7, 11) is 0. The lowest BCUT2D eigenvalue weighted by molar-refractivity contribution is -0.126. The van der Waals surface area contributed by atoms with Crippen LogP contribution in [0.15, 0.2) is 54.6 Å². The van der Waals surface area contributed by atoms with Crippen molar-refractivity contribution in [3.63, 3.8) is 0 Å². The van der Waals surface area contributed by atoms with Crippen molar-refractivity contribution < 1.29 is 43.3 Å². The summed E-state index contributed by atoms with van der Waals surface area (Å²) in [5.74, 6) is -0.342. The van der Waals surface area contributed by atoms with Crippen molar-refractivity contribution in [3.8, 4) is 0 Å². The predicted octanol–water partition coefficient (Wildman–Crippen LogP) is 5.25. The first-order valence-electron chi connectivity index (χ1n) is 20.3. The number of benzene rings is 2. The Balaban J connectivity index is 1.08. The molecule has 5 N–H and O–H groups in total. The van der Waals surface area contributed by atoms with E-state index in [2.05, 4.69) is 34.3 Å². The Hall–Kier alpha value is -5.15. The molecular weight excluding hydrogens is 732 g/mol. The largest absolute Gasteiger partial charge is 0.465 e. The fourth-order valence-electron chi connectivity index (χ4n) is 6.94. The van der Waals surface area contributed by atoms with E-state index in [-0.39, 0.29) is 62.6 Å². The second-order valence-electron chi connectivity index (χ2n) is 14.1. The van der Waals surface area contributed by atoms with Gasteiger partial charge in [-0.25, -0.2) is 9.59 Å². The normalized spacial score (nSPS) is 15.1. The van der Waals surface area contributed by atoms with Crippen molar-refractivity contribution >= 4 is 46.5 Å². The zero-order chi connectivity index (χ0) is 40.8. The van der Waals surface area contributed by atoms with Crippen LogP contribution in [0, 0.1) is 5.92 Å². The van der Waals surface area contributed by atoms with Crippen LogP contribution in [0.1, 0.15) is 81.3 Å². The molecule has 15 heteroatoms. The number of aryl methyl sites for hydroxylation is 1. The van der Waals surface area contributed by atoms with Crippen molar-refractivity contribution in [1.29, 1.82) is 0 Å². The van der Waals surface area contributed by atoms with Gasteiger partial charge in [0.1, 0.15) is 18.8 Å². The molecular formula is C42H60N6O9. The standard InChI is InChI=1S/C42H60N6O9/c1-3-31-12-11-14-35(28-31)47(4-2)38(49)30-48-36-15-8-7-13-33(36)29-37(48)40(51)46-34-18-16-32(17-19-34)39(50)43-20-9-5-6-10-21-45-42(54)57-27-26-56-25-24-55-23-22-44-41(52)53/h7-8,11-15,28-29,32,34,44H,3-6,9-10,16-27,30H2,1-2H3,(H,43,50)(H,45,54)(H,46,51)(H,52,53)/t32-,34-. The Morgan fingerprint density at radius 3 is 2.19 bits per heavy atom. The molecule has 5 amide bonds. The molecule has 4 rings (SSSR count). The number of nitrogens with zero attached hydrogens (tertiary/aromatic N) is 2. The molecule has 1 heterocycles. The second kappa shape index (κ2) is 24.5. The number of anilines is 1. The number of para-hydroxylation sites is 1. The van der Waals surface area contributed by atoms with Crippen LogP contribution in [0.25, 0.3) is 10.9 Å². The van der Waals surface area contributed by atoms with Gasteiger partial charge < -0.3 is 50.1 Å². The third kappa shape index (κ3) is 15.0. The van der Waals surface area contributed by atoms with Gasteiger partial charge in [0.25, 0.3) is 5.91 Å².